The second-order valence-corrected chi connectivity index (χ2v) is 9.30. The molecule has 0 bridgehead atoms. The number of aliphatic imine (C=N–C) groups is 1. The van der Waals surface area contributed by atoms with Gasteiger partial charge in [-0.05, 0) is 44.0 Å². The summed E-state index contributed by atoms with van der Waals surface area (Å²) in [5.41, 5.74) is 2.62. The molecule has 2 atom stereocenters. The molecule has 0 amide bonds. The Hall–Kier alpha value is -1.89. The van der Waals surface area contributed by atoms with Crippen molar-refractivity contribution in [3.05, 3.63) is 57.3 Å². The molecule has 1 aromatic carbocycles. The van der Waals surface area contributed by atoms with Crippen LogP contribution in [0.5, 0.6) is 0 Å². The Labute approximate surface area is 179 Å². The number of rotatable bonds is 7. The van der Waals surface area contributed by atoms with Gasteiger partial charge in [-0.1, -0.05) is 24.3 Å². The summed E-state index contributed by atoms with van der Waals surface area (Å²) in [5, 5.41) is 6.96. The number of ether oxygens (including phenoxy) is 1. The fourth-order valence-electron chi connectivity index (χ4n) is 3.69. The maximum absolute atomic E-state index is 5.65. The highest BCUT2D eigenvalue weighted by atomic mass is 32.1. The van der Waals surface area contributed by atoms with Crippen molar-refractivity contribution in [3.63, 3.8) is 0 Å². The molecule has 2 N–H and O–H groups in total. The third kappa shape index (κ3) is 7.14. The van der Waals surface area contributed by atoms with Crippen molar-refractivity contribution < 1.29 is 4.74 Å². The third-order valence-electron chi connectivity index (χ3n) is 5.09. The summed E-state index contributed by atoms with van der Waals surface area (Å²) in [6.45, 7) is 11.1. The summed E-state index contributed by atoms with van der Waals surface area (Å²) in [5.74, 6) is 0.846. The summed E-state index contributed by atoms with van der Waals surface area (Å²) in [6, 6.07) is 13.5. The standard InChI is InChI=1S/C23H34N4OS/c1-17(12-22-9-8-19(3)29-22)26-23(24-4)25-14-20-6-5-7-21(13-20)16-27-10-11-28-18(2)15-27/h5-9,13,17-18H,10-12,14-16H2,1-4H3,(H2,24,25,26). The van der Waals surface area contributed by atoms with E-state index >= 15 is 0 Å². The zero-order chi connectivity index (χ0) is 20.6. The molecular formula is C23H34N4OS. The molecule has 2 heterocycles. The van der Waals surface area contributed by atoms with Crippen LogP contribution in [0.1, 0.15) is 34.7 Å². The van der Waals surface area contributed by atoms with E-state index in [1.165, 1.54) is 20.9 Å². The lowest BCUT2D eigenvalue weighted by atomic mass is 10.1. The van der Waals surface area contributed by atoms with E-state index in [0.717, 1.165) is 45.2 Å². The average molecular weight is 415 g/mol. The molecule has 0 aliphatic carbocycles. The van der Waals surface area contributed by atoms with Crippen LogP contribution in [-0.4, -0.2) is 49.7 Å². The third-order valence-corrected chi connectivity index (χ3v) is 6.12. The monoisotopic (exact) mass is 414 g/mol. The van der Waals surface area contributed by atoms with Gasteiger partial charge in [0.05, 0.1) is 12.7 Å². The van der Waals surface area contributed by atoms with Crippen LogP contribution in [0.15, 0.2) is 41.4 Å². The average Bonchev–Trinajstić information content (AvgIpc) is 3.10. The number of nitrogens with zero attached hydrogens (tertiary/aromatic N) is 2. The van der Waals surface area contributed by atoms with Gasteiger partial charge < -0.3 is 15.4 Å². The normalized spacial score (nSPS) is 19.2. The smallest absolute Gasteiger partial charge is 0.191 e. The molecule has 3 rings (SSSR count). The second kappa shape index (κ2) is 10.8. The molecule has 29 heavy (non-hydrogen) atoms. The predicted octanol–water partition coefficient (Wildman–Crippen LogP) is 3.57. The van der Waals surface area contributed by atoms with Gasteiger partial charge in [0.1, 0.15) is 0 Å². The van der Waals surface area contributed by atoms with Crippen LogP contribution in [0.4, 0.5) is 0 Å². The van der Waals surface area contributed by atoms with Crippen LogP contribution in [0, 0.1) is 6.92 Å². The molecule has 2 aromatic rings. The topological polar surface area (TPSA) is 48.9 Å². The van der Waals surface area contributed by atoms with Gasteiger partial charge in [-0.3, -0.25) is 9.89 Å². The lowest BCUT2D eigenvalue weighted by molar-refractivity contribution is -0.0212. The van der Waals surface area contributed by atoms with Crippen LogP contribution in [0.3, 0.4) is 0 Å². The lowest BCUT2D eigenvalue weighted by Gasteiger charge is -2.31. The van der Waals surface area contributed by atoms with Crippen LogP contribution in [-0.2, 0) is 24.2 Å². The van der Waals surface area contributed by atoms with E-state index in [0.29, 0.717) is 12.1 Å². The van der Waals surface area contributed by atoms with Crippen LogP contribution in [0.2, 0.25) is 0 Å². The molecule has 1 aliphatic rings. The van der Waals surface area contributed by atoms with Crippen molar-refractivity contribution in [1.82, 2.24) is 15.5 Å². The Bertz CT molecular complexity index is 804. The first-order chi connectivity index (χ1) is 14.0. The minimum absolute atomic E-state index is 0.322. The first kappa shape index (κ1) is 21.8. The summed E-state index contributed by atoms with van der Waals surface area (Å²) in [4.78, 5) is 9.63. The van der Waals surface area contributed by atoms with Crippen LogP contribution in [0.25, 0.3) is 0 Å². The van der Waals surface area contributed by atoms with E-state index < -0.39 is 0 Å². The van der Waals surface area contributed by atoms with Crippen molar-refractivity contribution in [2.45, 2.75) is 52.4 Å². The first-order valence-corrected chi connectivity index (χ1v) is 11.3. The quantitative estimate of drug-likeness (QED) is 0.537. The lowest BCUT2D eigenvalue weighted by Crippen LogP contribution is -2.42. The highest BCUT2D eigenvalue weighted by molar-refractivity contribution is 7.11. The molecule has 0 saturated carbocycles. The zero-order valence-electron chi connectivity index (χ0n) is 18.1. The number of aryl methyl sites for hydroxylation is 1. The van der Waals surface area contributed by atoms with Crippen molar-refractivity contribution in [1.29, 1.82) is 0 Å². The van der Waals surface area contributed by atoms with Crippen molar-refractivity contribution >= 4 is 17.3 Å². The van der Waals surface area contributed by atoms with Crippen LogP contribution < -0.4 is 10.6 Å². The Kier molecular flexibility index (Phi) is 8.09. The van der Waals surface area contributed by atoms with E-state index in [2.05, 4.69) is 77.7 Å². The summed E-state index contributed by atoms with van der Waals surface area (Å²) < 4.78 is 5.65. The number of thiophene rings is 1. The molecule has 1 fully saturated rings. The highest BCUT2D eigenvalue weighted by Crippen LogP contribution is 2.16. The molecule has 1 saturated heterocycles. The fraction of sp³-hybridized carbons (Fsp3) is 0.522. The molecule has 158 valence electrons. The number of benzene rings is 1. The Morgan fingerprint density at radius 1 is 1.31 bits per heavy atom. The van der Waals surface area contributed by atoms with E-state index in [4.69, 9.17) is 4.74 Å². The zero-order valence-corrected chi connectivity index (χ0v) is 18.9. The molecule has 2 unspecified atom stereocenters. The van der Waals surface area contributed by atoms with Gasteiger partial charge >= 0.3 is 0 Å². The molecule has 6 heteroatoms. The van der Waals surface area contributed by atoms with Crippen molar-refractivity contribution in [2.75, 3.05) is 26.7 Å². The maximum Gasteiger partial charge on any atom is 0.191 e. The highest BCUT2D eigenvalue weighted by Gasteiger charge is 2.16. The molecule has 0 radical (unpaired) electrons. The Morgan fingerprint density at radius 2 is 2.14 bits per heavy atom. The van der Waals surface area contributed by atoms with E-state index in [9.17, 15) is 0 Å². The molecular weight excluding hydrogens is 380 g/mol. The minimum Gasteiger partial charge on any atom is -0.376 e. The Morgan fingerprint density at radius 3 is 2.86 bits per heavy atom. The molecule has 1 aliphatic heterocycles. The van der Waals surface area contributed by atoms with Gasteiger partial charge in [-0.25, -0.2) is 0 Å². The van der Waals surface area contributed by atoms with Gasteiger partial charge in [-0.15, -0.1) is 11.3 Å². The van der Waals surface area contributed by atoms with Gasteiger partial charge in [-0.2, -0.15) is 0 Å². The second-order valence-electron chi connectivity index (χ2n) is 7.92. The molecule has 0 spiro atoms. The molecule has 1 aromatic heterocycles. The fourth-order valence-corrected chi connectivity index (χ4v) is 4.71. The van der Waals surface area contributed by atoms with E-state index in [1.54, 1.807) is 0 Å². The van der Waals surface area contributed by atoms with Crippen molar-refractivity contribution in [3.8, 4) is 0 Å². The van der Waals surface area contributed by atoms with E-state index in [1.807, 2.05) is 18.4 Å². The van der Waals surface area contributed by atoms with Crippen LogP contribution >= 0.6 is 11.3 Å². The van der Waals surface area contributed by atoms with E-state index in [-0.39, 0.29) is 0 Å². The van der Waals surface area contributed by atoms with Gasteiger partial charge in [0.15, 0.2) is 5.96 Å². The number of hydrogen-bond donors (Lipinski definition) is 2. The van der Waals surface area contributed by atoms with Gasteiger partial charge in [0.25, 0.3) is 0 Å². The SMILES string of the molecule is CN=C(NCc1cccc(CN2CCOC(C)C2)c1)NC(C)Cc1ccc(C)s1. The minimum atomic E-state index is 0.322. The summed E-state index contributed by atoms with van der Waals surface area (Å²) in [6.07, 6.45) is 1.33. The largest absolute Gasteiger partial charge is 0.376 e. The predicted molar refractivity (Wildman–Crippen MR) is 123 cm³/mol. The number of guanidine groups is 1. The number of morpholine rings is 1. The van der Waals surface area contributed by atoms with Gasteiger partial charge in [0.2, 0.25) is 0 Å². The molecule has 5 nitrogen and oxygen atoms in total. The summed E-state index contributed by atoms with van der Waals surface area (Å²) >= 11 is 1.86. The Balaban J connectivity index is 1.48. The van der Waals surface area contributed by atoms with Crippen molar-refractivity contribution in [2.24, 2.45) is 4.99 Å². The number of hydrogen-bond acceptors (Lipinski definition) is 4. The first-order valence-electron chi connectivity index (χ1n) is 10.5. The summed E-state index contributed by atoms with van der Waals surface area (Å²) in [7, 11) is 1.83. The maximum atomic E-state index is 5.65. The van der Waals surface area contributed by atoms with Gasteiger partial charge in [0, 0.05) is 55.4 Å². The number of nitrogens with one attached hydrogen (secondary N) is 2.